The van der Waals surface area contributed by atoms with Gasteiger partial charge in [-0.3, -0.25) is 9.69 Å². The lowest BCUT2D eigenvalue weighted by Crippen LogP contribution is -2.55. The summed E-state index contributed by atoms with van der Waals surface area (Å²) >= 11 is 0. The largest absolute Gasteiger partial charge is 0.353 e. The standard InChI is InChI=1S/C25H29B2N7O/c1-16-10-18(13-19(26)11-16)22-4-5-29-34(22)25(35)33-8-6-32(7-9-33)24-14-20(21(27)15-28-24)23-12-17(2)30-31(23)3/h10-15,22,29H,4-9H2,1-3H3. The highest BCUT2D eigenvalue weighted by atomic mass is 16.2. The van der Waals surface area contributed by atoms with E-state index >= 15 is 0 Å². The number of nitrogens with one attached hydrogen (secondary N) is 1. The number of benzene rings is 1. The lowest BCUT2D eigenvalue weighted by Gasteiger charge is -2.38. The van der Waals surface area contributed by atoms with Gasteiger partial charge in [0, 0.05) is 46.0 Å². The molecule has 5 rings (SSSR count). The minimum absolute atomic E-state index is 0.00328. The summed E-state index contributed by atoms with van der Waals surface area (Å²) in [4.78, 5) is 22.1. The molecule has 2 saturated heterocycles. The van der Waals surface area contributed by atoms with Crippen molar-refractivity contribution in [2.75, 3.05) is 37.6 Å². The first-order chi connectivity index (χ1) is 16.8. The zero-order valence-electron chi connectivity index (χ0n) is 20.5. The van der Waals surface area contributed by atoms with Crippen LogP contribution in [0.4, 0.5) is 10.6 Å². The number of carbonyl (C=O) groups is 1. The van der Waals surface area contributed by atoms with E-state index < -0.39 is 0 Å². The molecule has 2 fully saturated rings. The molecule has 0 aliphatic carbocycles. The molecule has 2 aliphatic heterocycles. The number of aromatic nitrogens is 3. The molecular formula is C25H29B2N7O. The van der Waals surface area contributed by atoms with Crippen LogP contribution in [0.25, 0.3) is 11.3 Å². The average molecular weight is 465 g/mol. The van der Waals surface area contributed by atoms with Crippen molar-refractivity contribution in [2.45, 2.75) is 26.3 Å². The predicted octanol–water partition coefficient (Wildman–Crippen LogP) is 0.880. The highest BCUT2D eigenvalue weighted by molar-refractivity contribution is 6.35. The number of nitrogens with zero attached hydrogens (tertiary/aromatic N) is 6. The first kappa shape index (κ1) is 23.5. The summed E-state index contributed by atoms with van der Waals surface area (Å²) in [6, 6.07) is 10.0. The normalized spacial score (nSPS) is 18.4. The maximum absolute atomic E-state index is 13.4. The number of urea groups is 1. The highest BCUT2D eigenvalue weighted by Crippen LogP contribution is 2.29. The predicted molar refractivity (Wildman–Crippen MR) is 140 cm³/mol. The average Bonchev–Trinajstić information content (AvgIpc) is 3.44. The number of carbonyl (C=O) groups excluding carboxylic acids is 1. The lowest BCUT2D eigenvalue weighted by atomic mass is 9.90. The van der Waals surface area contributed by atoms with Gasteiger partial charge in [0.1, 0.15) is 21.5 Å². The number of hydrogen-bond acceptors (Lipinski definition) is 5. The van der Waals surface area contributed by atoms with E-state index in [9.17, 15) is 4.79 Å². The van der Waals surface area contributed by atoms with Gasteiger partial charge in [0.2, 0.25) is 0 Å². The van der Waals surface area contributed by atoms with Crippen LogP contribution in [-0.2, 0) is 7.05 Å². The van der Waals surface area contributed by atoms with Crippen molar-refractivity contribution in [2.24, 2.45) is 7.05 Å². The molecule has 2 aliphatic rings. The molecule has 1 N–H and O–H groups in total. The number of pyridine rings is 1. The molecule has 1 atom stereocenters. The number of hydrogen-bond donors (Lipinski definition) is 1. The van der Waals surface area contributed by atoms with Crippen LogP contribution in [0.5, 0.6) is 0 Å². The monoisotopic (exact) mass is 465 g/mol. The van der Waals surface area contributed by atoms with Crippen molar-refractivity contribution in [3.63, 3.8) is 0 Å². The Morgan fingerprint density at radius 3 is 2.51 bits per heavy atom. The maximum atomic E-state index is 13.4. The van der Waals surface area contributed by atoms with Crippen molar-refractivity contribution >= 4 is 38.5 Å². The van der Waals surface area contributed by atoms with E-state index in [1.807, 2.05) is 54.7 Å². The van der Waals surface area contributed by atoms with E-state index in [4.69, 9.17) is 15.7 Å². The summed E-state index contributed by atoms with van der Waals surface area (Å²) in [6.07, 6.45) is 2.57. The first-order valence-corrected chi connectivity index (χ1v) is 12.0. The van der Waals surface area contributed by atoms with Crippen LogP contribution >= 0.6 is 0 Å². The molecule has 0 spiro atoms. The molecule has 1 aromatic carbocycles. The van der Waals surface area contributed by atoms with Gasteiger partial charge in [-0.05, 0) is 43.5 Å². The molecule has 0 saturated carbocycles. The van der Waals surface area contributed by atoms with Gasteiger partial charge < -0.3 is 9.80 Å². The number of amides is 2. The van der Waals surface area contributed by atoms with Gasteiger partial charge in [-0.1, -0.05) is 34.7 Å². The van der Waals surface area contributed by atoms with E-state index in [1.165, 1.54) is 0 Å². The van der Waals surface area contributed by atoms with Crippen LogP contribution in [0, 0.1) is 13.8 Å². The molecular weight excluding hydrogens is 436 g/mol. The zero-order chi connectivity index (χ0) is 24.7. The van der Waals surface area contributed by atoms with Crippen LogP contribution in [0.2, 0.25) is 0 Å². The maximum Gasteiger partial charge on any atom is 0.335 e. The summed E-state index contributed by atoms with van der Waals surface area (Å²) in [7, 11) is 14.2. The molecule has 4 heterocycles. The third-order valence-corrected chi connectivity index (χ3v) is 6.80. The first-order valence-electron chi connectivity index (χ1n) is 12.0. The summed E-state index contributed by atoms with van der Waals surface area (Å²) < 4.78 is 1.84. The summed E-state index contributed by atoms with van der Waals surface area (Å²) in [5.74, 6) is 0.854. The Morgan fingerprint density at radius 1 is 1.06 bits per heavy atom. The molecule has 35 heavy (non-hydrogen) atoms. The Morgan fingerprint density at radius 2 is 1.83 bits per heavy atom. The molecule has 8 nitrogen and oxygen atoms in total. The van der Waals surface area contributed by atoms with E-state index in [0.717, 1.165) is 52.3 Å². The molecule has 3 aromatic rings. The van der Waals surface area contributed by atoms with Crippen molar-refractivity contribution < 1.29 is 4.79 Å². The Labute approximate surface area is 209 Å². The van der Waals surface area contributed by atoms with Gasteiger partial charge in [-0.15, -0.1) is 0 Å². The van der Waals surface area contributed by atoms with Gasteiger partial charge in [0.05, 0.1) is 17.4 Å². The van der Waals surface area contributed by atoms with Gasteiger partial charge in [0.25, 0.3) is 0 Å². The topological polar surface area (TPSA) is 69.5 Å². The molecule has 4 radical (unpaired) electrons. The Kier molecular flexibility index (Phi) is 6.32. The SMILES string of the molecule is [B]c1cc(C)cc(C2CCNN2C(=O)N2CCN(c3cc(-c4cc(C)nn4C)c([B])cn3)CC2)c1. The Hall–Kier alpha value is -3.26. The fourth-order valence-electron chi connectivity index (χ4n) is 5.10. The Balaban J connectivity index is 1.28. The van der Waals surface area contributed by atoms with Gasteiger partial charge >= 0.3 is 6.03 Å². The summed E-state index contributed by atoms with van der Waals surface area (Å²) in [6.45, 7) is 7.38. The number of aryl methyl sites for hydroxylation is 3. The lowest BCUT2D eigenvalue weighted by molar-refractivity contribution is 0.125. The van der Waals surface area contributed by atoms with Crippen LogP contribution in [0.1, 0.15) is 29.3 Å². The minimum atomic E-state index is -0.0218. The van der Waals surface area contributed by atoms with E-state index in [1.54, 1.807) is 11.2 Å². The van der Waals surface area contributed by atoms with E-state index in [2.05, 4.69) is 26.5 Å². The number of piperazine rings is 1. The highest BCUT2D eigenvalue weighted by Gasteiger charge is 2.34. The van der Waals surface area contributed by atoms with Gasteiger partial charge in [-0.25, -0.2) is 15.2 Å². The molecule has 176 valence electrons. The van der Waals surface area contributed by atoms with Gasteiger partial charge in [0.15, 0.2) is 0 Å². The van der Waals surface area contributed by atoms with Crippen LogP contribution in [-0.4, -0.2) is 79.1 Å². The zero-order valence-corrected chi connectivity index (χ0v) is 20.5. The minimum Gasteiger partial charge on any atom is -0.353 e. The second-order valence-corrected chi connectivity index (χ2v) is 9.44. The smallest absolute Gasteiger partial charge is 0.335 e. The fraction of sp³-hybridized carbons (Fsp3) is 0.400. The van der Waals surface area contributed by atoms with Gasteiger partial charge in [-0.2, -0.15) is 5.10 Å². The van der Waals surface area contributed by atoms with Crippen molar-refractivity contribution in [1.29, 1.82) is 0 Å². The third-order valence-electron chi connectivity index (χ3n) is 6.80. The molecule has 2 aromatic heterocycles. The van der Waals surface area contributed by atoms with Crippen molar-refractivity contribution in [3.05, 3.63) is 53.3 Å². The second-order valence-electron chi connectivity index (χ2n) is 9.44. The van der Waals surface area contributed by atoms with Crippen molar-refractivity contribution in [3.8, 4) is 11.3 Å². The molecule has 1 unspecified atom stereocenters. The van der Waals surface area contributed by atoms with Crippen LogP contribution < -0.4 is 21.3 Å². The summed E-state index contributed by atoms with van der Waals surface area (Å²) in [5.41, 5.74) is 9.61. The number of rotatable bonds is 3. The quantitative estimate of drug-likeness (QED) is 0.582. The van der Waals surface area contributed by atoms with E-state index in [0.29, 0.717) is 31.6 Å². The van der Waals surface area contributed by atoms with Crippen LogP contribution in [0.15, 0.2) is 36.5 Å². The summed E-state index contributed by atoms with van der Waals surface area (Å²) in [5, 5.41) is 6.21. The second kappa shape index (κ2) is 9.41. The molecule has 2 amide bonds. The molecule has 10 heteroatoms. The van der Waals surface area contributed by atoms with Crippen molar-refractivity contribution in [1.82, 2.24) is 30.1 Å². The Bertz CT molecular complexity index is 1230. The number of hydrazine groups is 1. The van der Waals surface area contributed by atoms with Crippen LogP contribution in [0.3, 0.4) is 0 Å². The molecule has 0 bridgehead atoms. The fourth-order valence-corrected chi connectivity index (χ4v) is 5.10. The number of anilines is 1. The van der Waals surface area contributed by atoms with E-state index in [-0.39, 0.29) is 12.1 Å². The third kappa shape index (κ3) is 4.67.